The van der Waals surface area contributed by atoms with Crippen molar-refractivity contribution >= 4 is 17.4 Å². The van der Waals surface area contributed by atoms with Crippen LogP contribution in [0.25, 0.3) is 11.3 Å². The Kier molecular flexibility index (Phi) is 4.38. The first-order chi connectivity index (χ1) is 11.9. The Balaban J connectivity index is 1.93. The fourth-order valence-electron chi connectivity index (χ4n) is 2.47. The van der Waals surface area contributed by atoms with Gasteiger partial charge in [-0.3, -0.25) is 9.78 Å². The summed E-state index contributed by atoms with van der Waals surface area (Å²) in [6.07, 6.45) is 1.10. The molecule has 25 heavy (non-hydrogen) atoms. The van der Waals surface area contributed by atoms with Crippen LogP contribution in [0.5, 0.6) is 0 Å². The maximum Gasteiger partial charge on any atom is 0.220 e. The van der Waals surface area contributed by atoms with E-state index in [4.69, 9.17) is 11.5 Å². The number of aromatic nitrogens is 3. The lowest BCUT2D eigenvalue weighted by molar-refractivity contribution is 0.0992. The molecule has 0 aliphatic heterocycles. The van der Waals surface area contributed by atoms with Crippen molar-refractivity contribution in [3.8, 4) is 11.3 Å². The van der Waals surface area contributed by atoms with E-state index in [9.17, 15) is 9.18 Å². The molecule has 1 aromatic carbocycles. The van der Waals surface area contributed by atoms with Gasteiger partial charge in [-0.05, 0) is 37.3 Å². The second-order valence-corrected chi connectivity index (χ2v) is 5.62. The minimum atomic E-state index is -0.450. The molecule has 126 valence electrons. The van der Waals surface area contributed by atoms with E-state index in [2.05, 4.69) is 15.0 Å². The molecule has 4 N–H and O–H groups in total. The molecule has 0 saturated carbocycles. The Morgan fingerprint density at radius 1 is 1.12 bits per heavy atom. The van der Waals surface area contributed by atoms with Gasteiger partial charge in [0.05, 0.1) is 18.3 Å². The van der Waals surface area contributed by atoms with Gasteiger partial charge in [-0.25, -0.2) is 14.4 Å². The Hall–Kier alpha value is -3.35. The van der Waals surface area contributed by atoms with E-state index in [1.165, 1.54) is 12.1 Å². The van der Waals surface area contributed by atoms with Crippen LogP contribution in [0.2, 0.25) is 0 Å². The number of nitrogens with zero attached hydrogens (tertiary/aromatic N) is 3. The zero-order chi connectivity index (χ0) is 18.0. The molecule has 0 aliphatic rings. The van der Waals surface area contributed by atoms with Gasteiger partial charge in [0, 0.05) is 28.2 Å². The molecule has 0 radical (unpaired) electrons. The van der Waals surface area contributed by atoms with Crippen LogP contribution >= 0.6 is 0 Å². The number of halogens is 1. The van der Waals surface area contributed by atoms with Gasteiger partial charge in [-0.2, -0.15) is 0 Å². The highest BCUT2D eigenvalue weighted by atomic mass is 19.1. The van der Waals surface area contributed by atoms with Gasteiger partial charge in [-0.1, -0.05) is 6.07 Å². The van der Waals surface area contributed by atoms with Crippen LogP contribution in [0.15, 0.2) is 42.6 Å². The Morgan fingerprint density at radius 3 is 2.60 bits per heavy atom. The smallest absolute Gasteiger partial charge is 0.220 e. The fourth-order valence-corrected chi connectivity index (χ4v) is 2.47. The highest BCUT2D eigenvalue weighted by Gasteiger charge is 2.14. The highest BCUT2D eigenvalue weighted by Crippen LogP contribution is 2.24. The van der Waals surface area contributed by atoms with Gasteiger partial charge in [-0.15, -0.1) is 0 Å². The summed E-state index contributed by atoms with van der Waals surface area (Å²) in [6.45, 7) is 1.81. The number of rotatable bonds is 4. The van der Waals surface area contributed by atoms with Crippen molar-refractivity contribution in [2.24, 2.45) is 0 Å². The minimum Gasteiger partial charge on any atom is -0.398 e. The molecule has 6 nitrogen and oxygen atoms in total. The molecule has 3 aromatic rings. The average molecular weight is 337 g/mol. The Labute approximate surface area is 143 Å². The van der Waals surface area contributed by atoms with Crippen LogP contribution in [-0.2, 0) is 6.42 Å². The minimum absolute atomic E-state index is 0.0267. The Morgan fingerprint density at radius 2 is 1.92 bits per heavy atom. The van der Waals surface area contributed by atoms with Crippen molar-refractivity contribution in [2.75, 3.05) is 11.5 Å². The van der Waals surface area contributed by atoms with E-state index in [1.54, 1.807) is 24.3 Å². The standard InChI is InChI=1S/C18H16FN5O/c1-10-6-16(24-18(21)23-10)11-2-5-15(20)14(7-11)17(25)8-13-4-3-12(19)9-22-13/h2-7,9H,8,20H2,1H3,(H2,21,23,24). The lowest BCUT2D eigenvalue weighted by Gasteiger charge is -2.09. The topological polar surface area (TPSA) is 108 Å². The maximum absolute atomic E-state index is 12.9. The normalized spacial score (nSPS) is 10.6. The first-order valence-corrected chi connectivity index (χ1v) is 7.57. The Bertz CT molecular complexity index is 920. The lowest BCUT2D eigenvalue weighted by Crippen LogP contribution is -2.09. The summed E-state index contributed by atoms with van der Waals surface area (Å²) in [6, 6.07) is 9.60. The third kappa shape index (κ3) is 3.77. The van der Waals surface area contributed by atoms with Crippen molar-refractivity contribution in [2.45, 2.75) is 13.3 Å². The first kappa shape index (κ1) is 16.5. The predicted octanol–water partition coefficient (Wildman–Crippen LogP) is 2.58. The summed E-state index contributed by atoms with van der Waals surface area (Å²) >= 11 is 0. The number of nitrogen functional groups attached to an aromatic ring is 2. The zero-order valence-corrected chi connectivity index (χ0v) is 13.5. The van der Waals surface area contributed by atoms with E-state index in [-0.39, 0.29) is 18.2 Å². The molecule has 0 saturated heterocycles. The third-order valence-corrected chi connectivity index (χ3v) is 3.65. The van der Waals surface area contributed by atoms with Gasteiger partial charge in [0.15, 0.2) is 5.78 Å². The van der Waals surface area contributed by atoms with Gasteiger partial charge in [0.1, 0.15) is 5.82 Å². The molecule has 0 atom stereocenters. The van der Waals surface area contributed by atoms with Gasteiger partial charge in [0.2, 0.25) is 5.95 Å². The summed E-state index contributed by atoms with van der Waals surface area (Å²) in [5.41, 5.74) is 14.9. The summed E-state index contributed by atoms with van der Waals surface area (Å²) in [5, 5.41) is 0. The summed E-state index contributed by atoms with van der Waals surface area (Å²) < 4.78 is 12.9. The van der Waals surface area contributed by atoms with Gasteiger partial charge < -0.3 is 11.5 Å². The van der Waals surface area contributed by atoms with Crippen LogP contribution in [0.3, 0.4) is 0 Å². The summed E-state index contributed by atoms with van der Waals surface area (Å²) in [5.74, 6) is -0.498. The van der Waals surface area contributed by atoms with Crippen molar-refractivity contribution in [1.29, 1.82) is 0 Å². The van der Waals surface area contributed by atoms with Crippen LogP contribution in [0.4, 0.5) is 16.0 Å². The summed E-state index contributed by atoms with van der Waals surface area (Å²) in [4.78, 5) is 24.7. The molecule has 7 heteroatoms. The molecule has 2 aromatic heterocycles. The van der Waals surface area contributed by atoms with Crippen molar-refractivity contribution in [1.82, 2.24) is 15.0 Å². The molecule has 0 amide bonds. The fraction of sp³-hybridized carbons (Fsp3) is 0.111. The van der Waals surface area contributed by atoms with Crippen LogP contribution < -0.4 is 11.5 Å². The van der Waals surface area contributed by atoms with E-state index < -0.39 is 5.82 Å². The first-order valence-electron chi connectivity index (χ1n) is 7.57. The molecule has 0 aliphatic carbocycles. The molecule has 0 bridgehead atoms. The molecule has 0 unspecified atom stereocenters. The van der Waals surface area contributed by atoms with Crippen molar-refractivity contribution in [3.63, 3.8) is 0 Å². The number of pyridine rings is 1. The van der Waals surface area contributed by atoms with Gasteiger partial charge in [0.25, 0.3) is 0 Å². The van der Waals surface area contributed by atoms with E-state index in [1.807, 2.05) is 6.92 Å². The number of nitrogens with two attached hydrogens (primary N) is 2. The number of hydrogen-bond acceptors (Lipinski definition) is 6. The van der Waals surface area contributed by atoms with E-state index >= 15 is 0 Å². The number of hydrogen-bond donors (Lipinski definition) is 2. The lowest BCUT2D eigenvalue weighted by atomic mass is 10.00. The molecule has 0 spiro atoms. The second kappa shape index (κ2) is 6.64. The molecule has 0 fully saturated rings. The van der Waals surface area contributed by atoms with Crippen molar-refractivity contribution < 1.29 is 9.18 Å². The van der Waals surface area contributed by atoms with Gasteiger partial charge >= 0.3 is 0 Å². The molecular weight excluding hydrogens is 321 g/mol. The maximum atomic E-state index is 12.9. The van der Waals surface area contributed by atoms with Crippen molar-refractivity contribution in [3.05, 3.63) is 65.4 Å². The number of carbonyl (C=O) groups is 1. The van der Waals surface area contributed by atoms with Crippen LogP contribution in [0.1, 0.15) is 21.7 Å². The number of benzene rings is 1. The quantitative estimate of drug-likeness (QED) is 0.559. The highest BCUT2D eigenvalue weighted by molar-refractivity contribution is 6.02. The van der Waals surface area contributed by atoms with Crippen LogP contribution in [-0.4, -0.2) is 20.7 Å². The third-order valence-electron chi connectivity index (χ3n) is 3.65. The van der Waals surface area contributed by atoms with E-state index in [0.717, 1.165) is 11.9 Å². The average Bonchev–Trinajstić information content (AvgIpc) is 2.56. The number of aryl methyl sites for hydroxylation is 1. The number of Topliss-reactive ketones (excluding diaryl/α,β-unsaturated/α-hetero) is 1. The van der Waals surface area contributed by atoms with Crippen LogP contribution in [0, 0.1) is 12.7 Å². The molecular formula is C18H16FN5O. The number of carbonyl (C=O) groups excluding carboxylic acids is 1. The SMILES string of the molecule is Cc1cc(-c2ccc(N)c(C(=O)Cc3ccc(F)cn3)c2)nc(N)n1. The predicted molar refractivity (Wildman–Crippen MR) is 93.3 cm³/mol. The second-order valence-electron chi connectivity index (χ2n) is 5.62. The zero-order valence-electron chi connectivity index (χ0n) is 13.5. The molecule has 2 heterocycles. The largest absolute Gasteiger partial charge is 0.398 e. The monoisotopic (exact) mass is 337 g/mol. The number of anilines is 2. The van der Waals surface area contributed by atoms with E-state index in [0.29, 0.717) is 28.2 Å². The summed E-state index contributed by atoms with van der Waals surface area (Å²) in [7, 11) is 0. The number of ketones is 1. The molecule has 3 rings (SSSR count).